The molecule has 0 N–H and O–H groups in total. The largest absolute Gasteiger partial charge is 0.457 e. The molecular formula is C22H20N4OS. The first-order chi connectivity index (χ1) is 13.7. The van der Waals surface area contributed by atoms with Crippen molar-refractivity contribution in [2.24, 2.45) is 0 Å². The molecular weight excluding hydrogens is 368 g/mol. The first-order valence-electron chi connectivity index (χ1n) is 9.01. The lowest BCUT2D eigenvalue weighted by atomic mass is 10.1. The normalized spacial score (nSPS) is 10.8. The van der Waals surface area contributed by atoms with E-state index in [1.165, 1.54) is 0 Å². The van der Waals surface area contributed by atoms with Crippen molar-refractivity contribution >= 4 is 11.8 Å². The maximum Gasteiger partial charge on any atom is 0.214 e. The van der Waals surface area contributed by atoms with Gasteiger partial charge >= 0.3 is 0 Å². The summed E-state index contributed by atoms with van der Waals surface area (Å²) in [6.07, 6.45) is 0. The zero-order valence-corrected chi connectivity index (χ0v) is 16.6. The molecule has 0 aliphatic rings. The van der Waals surface area contributed by atoms with Crippen LogP contribution < -0.4 is 4.74 Å². The highest BCUT2D eigenvalue weighted by molar-refractivity contribution is 7.98. The van der Waals surface area contributed by atoms with E-state index in [1.807, 2.05) is 59.3 Å². The van der Waals surface area contributed by atoms with Crippen LogP contribution in [0.25, 0.3) is 5.69 Å². The summed E-state index contributed by atoms with van der Waals surface area (Å²) in [5.41, 5.74) is 4.40. The van der Waals surface area contributed by atoms with Crippen LogP contribution in [0.4, 0.5) is 0 Å². The lowest BCUT2D eigenvalue weighted by molar-refractivity contribution is 0.478. The summed E-state index contributed by atoms with van der Waals surface area (Å²) in [5.74, 6) is 2.36. The standard InChI is InChI=1S/C22H20N4OS/c1-16-9-8-10-17(2)21(16)26-22(23-24-25-26)28-15-18-11-6-7-14-20(18)27-19-12-4-3-5-13-19/h3-14H,15H2,1-2H3. The van der Waals surface area contributed by atoms with Crippen molar-refractivity contribution in [3.8, 4) is 17.2 Å². The second kappa shape index (κ2) is 8.27. The monoisotopic (exact) mass is 388 g/mol. The van der Waals surface area contributed by atoms with Crippen molar-refractivity contribution < 1.29 is 4.74 Å². The number of hydrogen-bond acceptors (Lipinski definition) is 5. The van der Waals surface area contributed by atoms with Gasteiger partial charge in [-0.05, 0) is 53.6 Å². The second-order valence-electron chi connectivity index (χ2n) is 6.43. The summed E-state index contributed by atoms with van der Waals surface area (Å²) >= 11 is 1.59. The van der Waals surface area contributed by atoms with Crippen molar-refractivity contribution in [3.63, 3.8) is 0 Å². The van der Waals surface area contributed by atoms with E-state index in [0.29, 0.717) is 5.75 Å². The van der Waals surface area contributed by atoms with Gasteiger partial charge in [0.15, 0.2) is 0 Å². The van der Waals surface area contributed by atoms with Gasteiger partial charge in [0.2, 0.25) is 5.16 Å². The SMILES string of the molecule is Cc1cccc(C)c1-n1nnnc1SCc1ccccc1Oc1ccccc1. The molecule has 0 fully saturated rings. The van der Waals surface area contributed by atoms with E-state index in [0.717, 1.165) is 39.0 Å². The summed E-state index contributed by atoms with van der Waals surface area (Å²) in [5, 5.41) is 13.1. The Bertz CT molecular complexity index is 1060. The van der Waals surface area contributed by atoms with Gasteiger partial charge in [-0.25, -0.2) is 0 Å². The van der Waals surface area contributed by atoms with Crippen LogP contribution in [-0.2, 0) is 5.75 Å². The molecule has 140 valence electrons. The first kappa shape index (κ1) is 18.3. The molecule has 0 saturated carbocycles. The average molecular weight is 388 g/mol. The number of para-hydroxylation sites is 3. The number of benzene rings is 3. The lowest BCUT2D eigenvalue weighted by Crippen LogP contribution is -2.04. The van der Waals surface area contributed by atoms with Crippen molar-refractivity contribution in [1.82, 2.24) is 20.2 Å². The van der Waals surface area contributed by atoms with Crippen LogP contribution in [0.5, 0.6) is 11.5 Å². The molecule has 1 aromatic heterocycles. The predicted octanol–water partition coefficient (Wildman–Crippen LogP) is 5.36. The summed E-state index contributed by atoms with van der Waals surface area (Å²) < 4.78 is 7.88. The molecule has 28 heavy (non-hydrogen) atoms. The van der Waals surface area contributed by atoms with Gasteiger partial charge < -0.3 is 4.74 Å². The Labute approximate surface area is 168 Å². The zero-order valence-electron chi connectivity index (χ0n) is 15.7. The van der Waals surface area contributed by atoms with Gasteiger partial charge in [0.25, 0.3) is 0 Å². The third kappa shape index (κ3) is 3.92. The van der Waals surface area contributed by atoms with Crippen molar-refractivity contribution in [2.75, 3.05) is 0 Å². The minimum absolute atomic E-state index is 0.703. The summed E-state index contributed by atoms with van der Waals surface area (Å²) in [6, 6.07) is 24.0. The molecule has 0 aliphatic heterocycles. The smallest absolute Gasteiger partial charge is 0.214 e. The topological polar surface area (TPSA) is 52.8 Å². The lowest BCUT2D eigenvalue weighted by Gasteiger charge is -2.12. The van der Waals surface area contributed by atoms with Gasteiger partial charge in [-0.15, -0.1) is 5.10 Å². The third-order valence-electron chi connectivity index (χ3n) is 4.39. The zero-order chi connectivity index (χ0) is 19.3. The molecule has 0 amide bonds. The predicted molar refractivity (Wildman–Crippen MR) is 111 cm³/mol. The van der Waals surface area contributed by atoms with E-state index >= 15 is 0 Å². The number of ether oxygens (including phenoxy) is 1. The Hall–Kier alpha value is -3.12. The molecule has 0 spiro atoms. The van der Waals surface area contributed by atoms with Crippen LogP contribution in [0.1, 0.15) is 16.7 Å². The molecule has 0 bridgehead atoms. The maximum absolute atomic E-state index is 6.06. The van der Waals surface area contributed by atoms with Gasteiger partial charge in [0.1, 0.15) is 11.5 Å². The van der Waals surface area contributed by atoms with Gasteiger partial charge in [-0.2, -0.15) is 4.68 Å². The van der Waals surface area contributed by atoms with E-state index in [-0.39, 0.29) is 0 Å². The highest BCUT2D eigenvalue weighted by Crippen LogP contribution is 2.31. The minimum Gasteiger partial charge on any atom is -0.457 e. The number of aromatic nitrogens is 4. The van der Waals surface area contributed by atoms with Crippen LogP contribution in [0.15, 0.2) is 78.0 Å². The van der Waals surface area contributed by atoms with E-state index < -0.39 is 0 Å². The Balaban J connectivity index is 1.56. The number of nitrogens with zero attached hydrogens (tertiary/aromatic N) is 4. The van der Waals surface area contributed by atoms with Crippen molar-refractivity contribution in [2.45, 2.75) is 24.8 Å². The Morgan fingerprint density at radius 1 is 0.857 bits per heavy atom. The van der Waals surface area contributed by atoms with E-state index in [1.54, 1.807) is 11.8 Å². The minimum atomic E-state index is 0.703. The fourth-order valence-electron chi connectivity index (χ4n) is 3.03. The molecule has 0 aliphatic carbocycles. The number of tetrazole rings is 1. The molecule has 5 nitrogen and oxygen atoms in total. The molecule has 0 radical (unpaired) electrons. The van der Waals surface area contributed by atoms with E-state index in [9.17, 15) is 0 Å². The van der Waals surface area contributed by atoms with Crippen molar-refractivity contribution in [3.05, 3.63) is 89.5 Å². The van der Waals surface area contributed by atoms with Crippen LogP contribution in [0.3, 0.4) is 0 Å². The van der Waals surface area contributed by atoms with Crippen LogP contribution in [0.2, 0.25) is 0 Å². The highest BCUT2D eigenvalue weighted by atomic mass is 32.2. The quantitative estimate of drug-likeness (QED) is 0.416. The van der Waals surface area contributed by atoms with Gasteiger partial charge in [-0.3, -0.25) is 0 Å². The fraction of sp³-hybridized carbons (Fsp3) is 0.136. The fourth-order valence-corrected chi connectivity index (χ4v) is 3.90. The van der Waals surface area contributed by atoms with Gasteiger partial charge in [-0.1, -0.05) is 66.4 Å². The summed E-state index contributed by atoms with van der Waals surface area (Å²) in [4.78, 5) is 0. The third-order valence-corrected chi connectivity index (χ3v) is 5.36. The Morgan fingerprint density at radius 2 is 1.57 bits per heavy atom. The molecule has 0 atom stereocenters. The van der Waals surface area contributed by atoms with Crippen LogP contribution in [0, 0.1) is 13.8 Å². The Kier molecular flexibility index (Phi) is 5.39. The van der Waals surface area contributed by atoms with Crippen LogP contribution in [-0.4, -0.2) is 20.2 Å². The maximum atomic E-state index is 6.06. The highest BCUT2D eigenvalue weighted by Gasteiger charge is 2.14. The molecule has 6 heteroatoms. The second-order valence-corrected chi connectivity index (χ2v) is 7.37. The molecule has 0 saturated heterocycles. The number of rotatable bonds is 6. The van der Waals surface area contributed by atoms with Crippen molar-refractivity contribution in [1.29, 1.82) is 0 Å². The molecule has 4 aromatic rings. The Morgan fingerprint density at radius 3 is 2.36 bits per heavy atom. The van der Waals surface area contributed by atoms with Gasteiger partial charge in [0.05, 0.1) is 5.69 Å². The molecule has 0 unspecified atom stereocenters. The van der Waals surface area contributed by atoms with E-state index in [4.69, 9.17) is 4.74 Å². The summed E-state index contributed by atoms with van der Waals surface area (Å²) in [6.45, 7) is 4.14. The number of hydrogen-bond donors (Lipinski definition) is 0. The first-order valence-corrected chi connectivity index (χ1v) is 9.99. The van der Waals surface area contributed by atoms with Crippen LogP contribution >= 0.6 is 11.8 Å². The summed E-state index contributed by atoms with van der Waals surface area (Å²) in [7, 11) is 0. The average Bonchev–Trinajstić information content (AvgIpc) is 3.16. The van der Waals surface area contributed by atoms with Gasteiger partial charge in [0, 0.05) is 11.3 Å². The molecule has 1 heterocycles. The molecule has 3 aromatic carbocycles. The number of thioether (sulfide) groups is 1. The molecule has 4 rings (SSSR count). The number of aryl methyl sites for hydroxylation is 2. The van der Waals surface area contributed by atoms with E-state index in [2.05, 4.69) is 47.6 Å².